The summed E-state index contributed by atoms with van der Waals surface area (Å²) in [5, 5.41) is 3.21. The summed E-state index contributed by atoms with van der Waals surface area (Å²) < 4.78 is 0. The predicted octanol–water partition coefficient (Wildman–Crippen LogP) is 3.20. The van der Waals surface area contributed by atoms with E-state index in [9.17, 15) is 4.79 Å². The Morgan fingerprint density at radius 1 is 1.27 bits per heavy atom. The van der Waals surface area contributed by atoms with Crippen LogP contribution in [0, 0.1) is 5.92 Å². The number of hydrogen-bond donors (Lipinski definition) is 1. The van der Waals surface area contributed by atoms with Crippen molar-refractivity contribution < 1.29 is 4.79 Å². The Hall–Kier alpha value is -1.91. The number of hydrogen-bond acceptors (Lipinski definition) is 3. The maximum Gasteiger partial charge on any atom is 0.228 e. The fourth-order valence-electron chi connectivity index (χ4n) is 2.75. The van der Waals surface area contributed by atoms with Gasteiger partial charge in [0, 0.05) is 19.3 Å². The number of likely N-dealkylation sites (tertiary alicyclic amines) is 1. The zero-order chi connectivity index (χ0) is 15.4. The van der Waals surface area contributed by atoms with Crippen molar-refractivity contribution >= 4 is 23.2 Å². The molecule has 1 N–H and O–H groups in total. The number of nitrogens with one attached hydrogen (secondary N) is 1. The average Bonchev–Trinajstić information content (AvgIpc) is 2.99. The van der Waals surface area contributed by atoms with E-state index in [1.165, 1.54) is 5.56 Å². The maximum atomic E-state index is 12.3. The number of carbonyl (C=O) groups excluding carboxylic acids is 1. The minimum absolute atomic E-state index is 0.0000139. The lowest BCUT2D eigenvalue weighted by atomic mass is 10.1. The smallest absolute Gasteiger partial charge is 0.228 e. The zero-order valence-corrected chi connectivity index (χ0v) is 13.0. The monoisotopic (exact) mass is 315 g/mol. The molecule has 0 bridgehead atoms. The summed E-state index contributed by atoms with van der Waals surface area (Å²) in [5.41, 5.74) is 1.86. The van der Waals surface area contributed by atoms with Crippen LogP contribution in [0.2, 0.25) is 5.15 Å². The number of benzene rings is 1. The second kappa shape index (κ2) is 6.90. The van der Waals surface area contributed by atoms with Gasteiger partial charge in [-0.15, -0.1) is 0 Å². The summed E-state index contributed by atoms with van der Waals surface area (Å²) in [7, 11) is 0. The van der Waals surface area contributed by atoms with E-state index >= 15 is 0 Å². The van der Waals surface area contributed by atoms with Gasteiger partial charge in [-0.1, -0.05) is 41.9 Å². The molecule has 1 aromatic heterocycles. The SMILES string of the molecule is O=C(Nc1cccnc1Cl)C1CCN(Cc2ccccc2)C1. The van der Waals surface area contributed by atoms with E-state index in [0.717, 1.165) is 26.1 Å². The highest BCUT2D eigenvalue weighted by molar-refractivity contribution is 6.32. The second-order valence-electron chi connectivity index (χ2n) is 5.54. The first-order valence-corrected chi connectivity index (χ1v) is 7.78. The molecule has 2 heterocycles. The van der Waals surface area contributed by atoms with Crippen LogP contribution in [0.25, 0.3) is 0 Å². The van der Waals surface area contributed by atoms with Gasteiger partial charge >= 0.3 is 0 Å². The standard InChI is InChI=1S/C17H18ClN3O/c18-16-15(7-4-9-19-16)20-17(22)14-8-10-21(12-14)11-13-5-2-1-3-6-13/h1-7,9,14H,8,10-12H2,(H,20,22). The van der Waals surface area contributed by atoms with Gasteiger partial charge in [-0.25, -0.2) is 4.98 Å². The number of halogens is 1. The van der Waals surface area contributed by atoms with Gasteiger partial charge in [0.2, 0.25) is 5.91 Å². The third-order valence-corrected chi connectivity index (χ3v) is 4.21. The van der Waals surface area contributed by atoms with Crippen molar-refractivity contribution in [1.29, 1.82) is 0 Å². The summed E-state index contributed by atoms with van der Waals surface area (Å²) >= 11 is 5.97. The van der Waals surface area contributed by atoms with Crippen molar-refractivity contribution in [3.8, 4) is 0 Å². The first kappa shape index (κ1) is 15.0. The molecule has 1 aromatic carbocycles. The van der Waals surface area contributed by atoms with E-state index in [0.29, 0.717) is 10.8 Å². The highest BCUT2D eigenvalue weighted by Gasteiger charge is 2.28. The van der Waals surface area contributed by atoms with E-state index in [2.05, 4.69) is 27.3 Å². The van der Waals surface area contributed by atoms with Crippen LogP contribution in [0.5, 0.6) is 0 Å². The normalized spacial score (nSPS) is 18.3. The molecular formula is C17H18ClN3O. The second-order valence-corrected chi connectivity index (χ2v) is 5.90. The summed E-state index contributed by atoms with van der Waals surface area (Å²) in [4.78, 5) is 18.6. The van der Waals surface area contributed by atoms with Gasteiger partial charge in [-0.05, 0) is 30.7 Å². The van der Waals surface area contributed by atoms with Gasteiger partial charge in [-0.3, -0.25) is 9.69 Å². The quantitative estimate of drug-likeness (QED) is 0.881. The highest BCUT2D eigenvalue weighted by Crippen LogP contribution is 2.23. The third-order valence-electron chi connectivity index (χ3n) is 3.91. The average molecular weight is 316 g/mol. The van der Waals surface area contributed by atoms with Crippen LogP contribution in [0.3, 0.4) is 0 Å². The van der Waals surface area contributed by atoms with Crippen molar-refractivity contribution in [2.75, 3.05) is 18.4 Å². The number of pyridine rings is 1. The topological polar surface area (TPSA) is 45.2 Å². The molecule has 0 saturated carbocycles. The molecule has 4 nitrogen and oxygen atoms in total. The van der Waals surface area contributed by atoms with Crippen LogP contribution >= 0.6 is 11.6 Å². The number of amides is 1. The molecule has 1 atom stereocenters. The number of nitrogens with zero attached hydrogens (tertiary/aromatic N) is 2. The van der Waals surface area contributed by atoms with Gasteiger partial charge in [0.05, 0.1) is 11.6 Å². The molecule has 0 spiro atoms. The fourth-order valence-corrected chi connectivity index (χ4v) is 2.91. The largest absolute Gasteiger partial charge is 0.323 e. The molecule has 1 aliphatic heterocycles. The van der Waals surface area contributed by atoms with Crippen LogP contribution < -0.4 is 5.32 Å². The first-order valence-electron chi connectivity index (χ1n) is 7.40. The van der Waals surface area contributed by atoms with Crippen LogP contribution in [0.15, 0.2) is 48.7 Å². The molecule has 1 fully saturated rings. The molecule has 2 aromatic rings. The molecule has 1 unspecified atom stereocenters. The molecule has 5 heteroatoms. The third kappa shape index (κ3) is 3.64. The van der Waals surface area contributed by atoms with Crippen molar-refractivity contribution in [3.63, 3.8) is 0 Å². The Balaban J connectivity index is 1.56. The van der Waals surface area contributed by atoms with Gasteiger partial charge in [0.15, 0.2) is 5.15 Å². The zero-order valence-electron chi connectivity index (χ0n) is 12.2. The van der Waals surface area contributed by atoms with E-state index in [4.69, 9.17) is 11.6 Å². The van der Waals surface area contributed by atoms with Gasteiger partial charge in [0.25, 0.3) is 0 Å². The summed E-state index contributed by atoms with van der Waals surface area (Å²) in [6.45, 7) is 2.60. The maximum absolute atomic E-state index is 12.3. The lowest BCUT2D eigenvalue weighted by molar-refractivity contribution is -0.119. The first-order chi connectivity index (χ1) is 10.7. The highest BCUT2D eigenvalue weighted by atomic mass is 35.5. The molecular weight excluding hydrogens is 298 g/mol. The van der Waals surface area contributed by atoms with Crippen LogP contribution in [0.1, 0.15) is 12.0 Å². The van der Waals surface area contributed by atoms with E-state index in [-0.39, 0.29) is 11.8 Å². The number of carbonyl (C=O) groups is 1. The van der Waals surface area contributed by atoms with Crippen LogP contribution in [0.4, 0.5) is 5.69 Å². The Morgan fingerprint density at radius 3 is 2.86 bits per heavy atom. The van der Waals surface area contributed by atoms with Gasteiger partial charge in [0.1, 0.15) is 0 Å². The van der Waals surface area contributed by atoms with Gasteiger partial charge in [-0.2, -0.15) is 0 Å². The van der Waals surface area contributed by atoms with E-state index in [1.807, 2.05) is 18.2 Å². The molecule has 114 valence electrons. The lowest BCUT2D eigenvalue weighted by Crippen LogP contribution is -2.27. The molecule has 3 rings (SSSR count). The Kier molecular flexibility index (Phi) is 4.71. The van der Waals surface area contributed by atoms with Crippen molar-refractivity contribution in [1.82, 2.24) is 9.88 Å². The van der Waals surface area contributed by atoms with Crippen molar-refractivity contribution in [2.24, 2.45) is 5.92 Å². The minimum atomic E-state index is -0.0000139. The summed E-state index contributed by atoms with van der Waals surface area (Å²) in [6, 6.07) is 13.9. The van der Waals surface area contributed by atoms with Gasteiger partial charge < -0.3 is 5.32 Å². The van der Waals surface area contributed by atoms with E-state index in [1.54, 1.807) is 18.3 Å². The molecule has 0 aliphatic carbocycles. The molecule has 1 aliphatic rings. The van der Waals surface area contributed by atoms with Crippen LogP contribution in [-0.2, 0) is 11.3 Å². The van der Waals surface area contributed by atoms with Crippen molar-refractivity contribution in [3.05, 3.63) is 59.4 Å². The van der Waals surface area contributed by atoms with E-state index < -0.39 is 0 Å². The number of aromatic nitrogens is 1. The molecule has 1 amide bonds. The molecule has 22 heavy (non-hydrogen) atoms. The molecule has 0 radical (unpaired) electrons. The Morgan fingerprint density at radius 2 is 2.09 bits per heavy atom. The minimum Gasteiger partial charge on any atom is -0.323 e. The molecule has 1 saturated heterocycles. The Labute approximate surface area is 135 Å². The van der Waals surface area contributed by atoms with Crippen LogP contribution in [-0.4, -0.2) is 28.9 Å². The summed E-state index contributed by atoms with van der Waals surface area (Å²) in [5.74, 6) is 0.0189. The summed E-state index contributed by atoms with van der Waals surface area (Å²) in [6.07, 6.45) is 2.48. The number of rotatable bonds is 4. The fraction of sp³-hybridized carbons (Fsp3) is 0.294. The Bertz CT molecular complexity index is 647. The van der Waals surface area contributed by atoms with Crippen molar-refractivity contribution in [2.45, 2.75) is 13.0 Å². The lowest BCUT2D eigenvalue weighted by Gasteiger charge is -2.16. The predicted molar refractivity (Wildman–Crippen MR) is 87.7 cm³/mol. The number of anilines is 1.